The standard InChI is InChI=1S/C19H19N3O2/c1-22(12-15-10-14-6-2-3-8-19(14)23-15)13-16-11-18(21-24-16)17-7-4-5-9-20-17/h2-9,11,15H,10,12-13H2,1H3/t15-/m0/s1. The molecule has 0 saturated carbocycles. The number of nitrogens with zero attached hydrogens (tertiary/aromatic N) is 3. The molecule has 5 nitrogen and oxygen atoms in total. The number of likely N-dealkylation sites (N-methyl/N-ethyl adjacent to an activating group) is 1. The van der Waals surface area contributed by atoms with Gasteiger partial charge in [-0.15, -0.1) is 0 Å². The fourth-order valence-electron chi connectivity index (χ4n) is 3.06. The van der Waals surface area contributed by atoms with Crippen LogP contribution in [0.25, 0.3) is 11.4 Å². The van der Waals surface area contributed by atoms with Crippen LogP contribution in [-0.2, 0) is 13.0 Å². The van der Waals surface area contributed by atoms with Crippen molar-refractivity contribution in [3.8, 4) is 17.1 Å². The molecular weight excluding hydrogens is 302 g/mol. The van der Waals surface area contributed by atoms with Gasteiger partial charge in [-0.3, -0.25) is 9.88 Å². The lowest BCUT2D eigenvalue weighted by Gasteiger charge is -2.19. The van der Waals surface area contributed by atoms with Crippen molar-refractivity contribution in [1.82, 2.24) is 15.0 Å². The lowest BCUT2D eigenvalue weighted by atomic mass is 10.1. The van der Waals surface area contributed by atoms with E-state index in [-0.39, 0.29) is 6.10 Å². The molecule has 0 unspecified atom stereocenters. The Bertz CT molecular complexity index is 791. The molecule has 2 aromatic heterocycles. The molecular formula is C19H19N3O2. The maximum absolute atomic E-state index is 5.99. The molecule has 1 atom stereocenters. The summed E-state index contributed by atoms with van der Waals surface area (Å²) in [5, 5.41) is 4.11. The van der Waals surface area contributed by atoms with Crippen molar-refractivity contribution in [2.24, 2.45) is 0 Å². The average Bonchev–Trinajstić information content (AvgIpc) is 3.21. The predicted molar refractivity (Wildman–Crippen MR) is 90.6 cm³/mol. The van der Waals surface area contributed by atoms with Gasteiger partial charge < -0.3 is 9.26 Å². The Morgan fingerprint density at radius 2 is 2.00 bits per heavy atom. The highest BCUT2D eigenvalue weighted by Gasteiger charge is 2.23. The number of ether oxygens (including phenoxy) is 1. The van der Waals surface area contributed by atoms with Gasteiger partial charge in [0.2, 0.25) is 0 Å². The molecule has 0 fully saturated rings. The van der Waals surface area contributed by atoms with E-state index >= 15 is 0 Å². The third-order valence-electron chi connectivity index (χ3n) is 4.14. The van der Waals surface area contributed by atoms with E-state index in [0.717, 1.165) is 35.9 Å². The van der Waals surface area contributed by atoms with Crippen LogP contribution >= 0.6 is 0 Å². The van der Waals surface area contributed by atoms with Crippen LogP contribution in [0.4, 0.5) is 0 Å². The summed E-state index contributed by atoms with van der Waals surface area (Å²) in [5.41, 5.74) is 2.88. The summed E-state index contributed by atoms with van der Waals surface area (Å²) in [6, 6.07) is 15.9. The quantitative estimate of drug-likeness (QED) is 0.722. The van der Waals surface area contributed by atoms with Crippen LogP contribution in [0, 0.1) is 0 Å². The highest BCUT2D eigenvalue weighted by molar-refractivity contribution is 5.52. The second-order valence-corrected chi connectivity index (χ2v) is 6.14. The summed E-state index contributed by atoms with van der Waals surface area (Å²) in [6.45, 7) is 1.53. The topological polar surface area (TPSA) is 51.4 Å². The van der Waals surface area contributed by atoms with Crippen LogP contribution in [0.1, 0.15) is 11.3 Å². The zero-order valence-corrected chi connectivity index (χ0v) is 13.6. The Kier molecular flexibility index (Phi) is 4.01. The molecule has 3 heterocycles. The number of hydrogen-bond donors (Lipinski definition) is 0. The molecule has 1 aliphatic rings. The van der Waals surface area contributed by atoms with E-state index in [1.165, 1.54) is 5.56 Å². The number of benzene rings is 1. The SMILES string of the molecule is CN(Cc1cc(-c2ccccn2)no1)C[C@@H]1Cc2ccccc2O1. The van der Waals surface area contributed by atoms with Gasteiger partial charge in [0.1, 0.15) is 17.5 Å². The molecule has 5 heteroatoms. The fourth-order valence-corrected chi connectivity index (χ4v) is 3.06. The van der Waals surface area contributed by atoms with Crippen molar-refractivity contribution in [3.63, 3.8) is 0 Å². The minimum absolute atomic E-state index is 0.186. The highest BCUT2D eigenvalue weighted by atomic mass is 16.5. The van der Waals surface area contributed by atoms with E-state index in [1.807, 2.05) is 36.4 Å². The largest absolute Gasteiger partial charge is 0.488 e. The summed E-state index contributed by atoms with van der Waals surface area (Å²) in [7, 11) is 2.06. The van der Waals surface area contributed by atoms with Gasteiger partial charge in [-0.1, -0.05) is 29.4 Å². The van der Waals surface area contributed by atoms with E-state index in [1.54, 1.807) is 6.20 Å². The van der Waals surface area contributed by atoms with Crippen LogP contribution < -0.4 is 4.74 Å². The molecule has 0 bridgehead atoms. The summed E-state index contributed by atoms with van der Waals surface area (Å²) in [4.78, 5) is 6.49. The molecule has 1 aromatic carbocycles. The average molecular weight is 321 g/mol. The number of aromatic nitrogens is 2. The lowest BCUT2D eigenvalue weighted by Crippen LogP contribution is -2.31. The van der Waals surface area contributed by atoms with E-state index in [9.17, 15) is 0 Å². The van der Waals surface area contributed by atoms with Gasteiger partial charge in [0.25, 0.3) is 0 Å². The van der Waals surface area contributed by atoms with Gasteiger partial charge in [-0.25, -0.2) is 0 Å². The van der Waals surface area contributed by atoms with Crippen LogP contribution in [0.3, 0.4) is 0 Å². The number of fused-ring (bicyclic) bond motifs is 1. The van der Waals surface area contributed by atoms with Gasteiger partial charge in [0.15, 0.2) is 5.76 Å². The van der Waals surface area contributed by atoms with Gasteiger partial charge in [-0.05, 0) is 30.8 Å². The predicted octanol–water partition coefficient (Wildman–Crippen LogP) is 3.17. The zero-order chi connectivity index (χ0) is 16.4. The first-order valence-corrected chi connectivity index (χ1v) is 8.08. The molecule has 0 aliphatic carbocycles. The van der Waals surface area contributed by atoms with Crippen molar-refractivity contribution >= 4 is 0 Å². The monoisotopic (exact) mass is 321 g/mol. The second-order valence-electron chi connectivity index (χ2n) is 6.14. The number of para-hydroxylation sites is 1. The maximum atomic E-state index is 5.99. The first kappa shape index (κ1) is 14.9. The summed E-state index contributed by atoms with van der Waals surface area (Å²) < 4.78 is 11.4. The zero-order valence-electron chi connectivity index (χ0n) is 13.6. The lowest BCUT2D eigenvalue weighted by molar-refractivity contribution is 0.157. The molecule has 0 N–H and O–H groups in total. The third kappa shape index (κ3) is 3.16. The second kappa shape index (κ2) is 6.45. The minimum Gasteiger partial charge on any atom is -0.488 e. The fraction of sp³-hybridized carbons (Fsp3) is 0.263. The van der Waals surface area contributed by atoms with E-state index < -0.39 is 0 Å². The molecule has 122 valence electrons. The summed E-state index contributed by atoms with van der Waals surface area (Å²) >= 11 is 0. The van der Waals surface area contributed by atoms with Crippen molar-refractivity contribution < 1.29 is 9.26 Å². The third-order valence-corrected chi connectivity index (χ3v) is 4.14. The smallest absolute Gasteiger partial charge is 0.151 e. The summed E-state index contributed by atoms with van der Waals surface area (Å²) in [6.07, 6.45) is 2.90. The Labute approximate surface area is 140 Å². The van der Waals surface area contributed by atoms with Gasteiger partial charge in [0, 0.05) is 25.2 Å². The molecule has 4 rings (SSSR count). The molecule has 0 amide bonds. The molecule has 0 saturated heterocycles. The van der Waals surface area contributed by atoms with Crippen LogP contribution in [-0.4, -0.2) is 34.7 Å². The maximum Gasteiger partial charge on any atom is 0.151 e. The molecule has 24 heavy (non-hydrogen) atoms. The van der Waals surface area contributed by atoms with Crippen molar-refractivity contribution in [3.05, 3.63) is 66.1 Å². The Balaban J connectivity index is 1.36. The molecule has 3 aromatic rings. The number of rotatable bonds is 5. The molecule has 1 aliphatic heterocycles. The van der Waals surface area contributed by atoms with Crippen LogP contribution in [0.2, 0.25) is 0 Å². The Morgan fingerprint density at radius 1 is 1.12 bits per heavy atom. The molecule has 0 spiro atoms. The van der Waals surface area contributed by atoms with Crippen molar-refractivity contribution in [2.75, 3.05) is 13.6 Å². The van der Waals surface area contributed by atoms with Gasteiger partial charge in [0.05, 0.1) is 12.2 Å². The number of hydrogen-bond acceptors (Lipinski definition) is 5. The highest BCUT2D eigenvalue weighted by Crippen LogP contribution is 2.28. The number of pyridine rings is 1. The first-order valence-electron chi connectivity index (χ1n) is 8.08. The van der Waals surface area contributed by atoms with E-state index in [0.29, 0.717) is 6.54 Å². The van der Waals surface area contributed by atoms with Gasteiger partial charge >= 0.3 is 0 Å². The normalized spacial score (nSPS) is 16.2. The van der Waals surface area contributed by atoms with E-state index in [4.69, 9.17) is 9.26 Å². The van der Waals surface area contributed by atoms with Crippen LogP contribution in [0.15, 0.2) is 59.3 Å². The first-order chi connectivity index (χ1) is 11.8. The van der Waals surface area contributed by atoms with Crippen LogP contribution in [0.5, 0.6) is 5.75 Å². The Hall–Kier alpha value is -2.66. The minimum atomic E-state index is 0.186. The van der Waals surface area contributed by atoms with Gasteiger partial charge in [-0.2, -0.15) is 0 Å². The summed E-state index contributed by atoms with van der Waals surface area (Å²) in [5.74, 6) is 1.83. The molecule has 0 radical (unpaired) electrons. The Morgan fingerprint density at radius 3 is 2.83 bits per heavy atom. The van der Waals surface area contributed by atoms with Crippen molar-refractivity contribution in [1.29, 1.82) is 0 Å². The van der Waals surface area contributed by atoms with Crippen molar-refractivity contribution in [2.45, 2.75) is 19.1 Å². The van der Waals surface area contributed by atoms with E-state index in [2.05, 4.69) is 34.2 Å².